The molecule has 0 aliphatic heterocycles. The van der Waals surface area contributed by atoms with E-state index in [1.165, 1.54) is 11.5 Å². The molecule has 1 aromatic carbocycles. The highest BCUT2D eigenvalue weighted by Gasteiger charge is 2.03. The number of hydrogen-bond acceptors (Lipinski definition) is 5. The van der Waals surface area contributed by atoms with E-state index in [0.29, 0.717) is 5.13 Å². The number of benzene rings is 1. The van der Waals surface area contributed by atoms with Crippen molar-refractivity contribution >= 4 is 34.0 Å². The van der Waals surface area contributed by atoms with Gasteiger partial charge in [-0.2, -0.15) is 0 Å². The van der Waals surface area contributed by atoms with Crippen molar-refractivity contribution in [1.29, 1.82) is 0 Å². The molecular formula is C8H7ClN4S. The maximum absolute atomic E-state index is 5.97. The van der Waals surface area contributed by atoms with Crippen molar-refractivity contribution in [2.75, 3.05) is 5.32 Å². The van der Waals surface area contributed by atoms with Gasteiger partial charge in [0.25, 0.3) is 0 Å². The minimum Gasteiger partial charge on any atom is -0.329 e. The summed E-state index contributed by atoms with van der Waals surface area (Å²) in [5.41, 5.74) is 1.92. The molecule has 0 unspecified atom stereocenters. The van der Waals surface area contributed by atoms with Crippen molar-refractivity contribution in [3.8, 4) is 0 Å². The monoisotopic (exact) mass is 226 g/mol. The smallest absolute Gasteiger partial charge is 0.229 e. The van der Waals surface area contributed by atoms with Crippen LogP contribution >= 0.6 is 23.1 Å². The lowest BCUT2D eigenvalue weighted by molar-refractivity contribution is 0.961. The van der Waals surface area contributed by atoms with Gasteiger partial charge in [0, 0.05) is 22.2 Å². The van der Waals surface area contributed by atoms with E-state index in [1.54, 1.807) is 0 Å². The summed E-state index contributed by atoms with van der Waals surface area (Å²) in [6.07, 6.45) is 0. The number of anilines is 2. The first-order valence-electron chi connectivity index (χ1n) is 3.94. The van der Waals surface area contributed by atoms with Gasteiger partial charge in [-0.25, -0.2) is 0 Å². The molecule has 1 N–H and O–H groups in total. The molecule has 0 amide bonds. The molecule has 6 heteroatoms. The molecule has 2 aromatic rings. The molecule has 0 radical (unpaired) electrons. The van der Waals surface area contributed by atoms with Crippen molar-refractivity contribution < 1.29 is 0 Å². The maximum atomic E-state index is 5.97. The second kappa shape index (κ2) is 3.89. The van der Waals surface area contributed by atoms with Gasteiger partial charge in [0.05, 0.1) is 0 Å². The standard InChI is InChI=1S/C8H7ClN4S/c1-5-6(9)3-2-4-7(5)10-8-11-12-13-14-8/h2-4H,1H3,(H,10,11,13). The summed E-state index contributed by atoms with van der Waals surface area (Å²) in [5.74, 6) is 0. The fourth-order valence-corrected chi connectivity index (χ4v) is 1.59. The molecule has 0 saturated heterocycles. The first-order valence-corrected chi connectivity index (χ1v) is 5.09. The van der Waals surface area contributed by atoms with Gasteiger partial charge in [-0.15, -0.1) is 0 Å². The van der Waals surface area contributed by atoms with Crippen LogP contribution in [0, 0.1) is 6.92 Å². The molecule has 0 aliphatic carbocycles. The first kappa shape index (κ1) is 9.36. The molecule has 0 bridgehead atoms. The zero-order chi connectivity index (χ0) is 9.97. The van der Waals surface area contributed by atoms with Crippen molar-refractivity contribution in [1.82, 2.24) is 14.8 Å². The summed E-state index contributed by atoms with van der Waals surface area (Å²) in [4.78, 5) is 0. The van der Waals surface area contributed by atoms with E-state index in [0.717, 1.165) is 16.3 Å². The van der Waals surface area contributed by atoms with Gasteiger partial charge in [-0.3, -0.25) is 0 Å². The molecule has 1 aromatic heterocycles. The Bertz CT molecular complexity index is 429. The number of nitrogens with zero attached hydrogens (tertiary/aromatic N) is 3. The Kier molecular flexibility index (Phi) is 2.60. The Morgan fingerprint density at radius 1 is 1.43 bits per heavy atom. The molecule has 14 heavy (non-hydrogen) atoms. The molecule has 72 valence electrons. The van der Waals surface area contributed by atoms with E-state index >= 15 is 0 Å². The Hall–Kier alpha value is -1.20. The summed E-state index contributed by atoms with van der Waals surface area (Å²) < 4.78 is 3.66. The minimum atomic E-state index is 0.662. The third-order valence-electron chi connectivity index (χ3n) is 1.81. The zero-order valence-electron chi connectivity index (χ0n) is 7.36. The molecule has 1 heterocycles. The minimum absolute atomic E-state index is 0.662. The SMILES string of the molecule is Cc1c(Cl)cccc1Nc1nnns1. The summed E-state index contributed by atoms with van der Waals surface area (Å²) in [7, 11) is 0. The van der Waals surface area contributed by atoms with Crippen LogP contribution in [0.4, 0.5) is 10.8 Å². The van der Waals surface area contributed by atoms with Gasteiger partial charge in [-0.05, 0) is 29.8 Å². The Balaban J connectivity index is 2.29. The van der Waals surface area contributed by atoms with E-state index < -0.39 is 0 Å². The third-order valence-corrected chi connectivity index (χ3v) is 2.73. The lowest BCUT2D eigenvalue weighted by atomic mass is 10.2. The fourth-order valence-electron chi connectivity index (χ4n) is 1.04. The zero-order valence-corrected chi connectivity index (χ0v) is 8.93. The second-order valence-electron chi connectivity index (χ2n) is 2.70. The largest absolute Gasteiger partial charge is 0.329 e. The second-order valence-corrected chi connectivity index (χ2v) is 3.84. The maximum Gasteiger partial charge on any atom is 0.229 e. The topological polar surface area (TPSA) is 50.7 Å². The van der Waals surface area contributed by atoms with Gasteiger partial charge in [-0.1, -0.05) is 27.3 Å². The van der Waals surface area contributed by atoms with Crippen LogP contribution in [0.15, 0.2) is 18.2 Å². The van der Waals surface area contributed by atoms with Gasteiger partial charge < -0.3 is 5.32 Å². The lowest BCUT2D eigenvalue weighted by Crippen LogP contribution is -1.92. The molecule has 0 fully saturated rings. The van der Waals surface area contributed by atoms with Crippen LogP contribution in [0.3, 0.4) is 0 Å². The van der Waals surface area contributed by atoms with E-state index in [9.17, 15) is 0 Å². The average molecular weight is 227 g/mol. The summed E-state index contributed by atoms with van der Waals surface area (Å²) >= 11 is 7.17. The molecular weight excluding hydrogens is 220 g/mol. The van der Waals surface area contributed by atoms with Crippen LogP contribution in [0.2, 0.25) is 5.02 Å². The van der Waals surface area contributed by atoms with Crippen LogP contribution in [0.5, 0.6) is 0 Å². The molecule has 0 saturated carbocycles. The van der Waals surface area contributed by atoms with Crippen LogP contribution in [0.25, 0.3) is 0 Å². The van der Waals surface area contributed by atoms with Gasteiger partial charge in [0.2, 0.25) is 5.13 Å². The predicted octanol–water partition coefficient (Wildman–Crippen LogP) is 2.64. The van der Waals surface area contributed by atoms with Crippen LogP contribution in [-0.2, 0) is 0 Å². The van der Waals surface area contributed by atoms with E-state index in [1.807, 2.05) is 25.1 Å². The Morgan fingerprint density at radius 3 is 3.00 bits per heavy atom. The van der Waals surface area contributed by atoms with E-state index in [4.69, 9.17) is 11.6 Å². The number of halogens is 1. The van der Waals surface area contributed by atoms with E-state index in [2.05, 4.69) is 20.1 Å². The van der Waals surface area contributed by atoms with Gasteiger partial charge in [0.1, 0.15) is 0 Å². The predicted molar refractivity (Wildman–Crippen MR) is 57.2 cm³/mol. The van der Waals surface area contributed by atoms with E-state index in [-0.39, 0.29) is 0 Å². The highest BCUT2D eigenvalue weighted by molar-refractivity contribution is 7.09. The van der Waals surface area contributed by atoms with Gasteiger partial charge in [0.15, 0.2) is 0 Å². The average Bonchev–Trinajstić information content (AvgIpc) is 2.66. The number of aromatic nitrogens is 3. The van der Waals surface area contributed by atoms with Crippen LogP contribution in [-0.4, -0.2) is 14.8 Å². The van der Waals surface area contributed by atoms with Crippen molar-refractivity contribution in [2.24, 2.45) is 0 Å². The Morgan fingerprint density at radius 2 is 2.29 bits per heavy atom. The molecule has 4 nitrogen and oxygen atoms in total. The first-order chi connectivity index (χ1) is 6.77. The lowest BCUT2D eigenvalue weighted by Gasteiger charge is -2.06. The summed E-state index contributed by atoms with van der Waals surface area (Å²) in [6.45, 7) is 1.94. The van der Waals surface area contributed by atoms with Crippen molar-refractivity contribution in [3.63, 3.8) is 0 Å². The summed E-state index contributed by atoms with van der Waals surface area (Å²) in [5, 5.41) is 11.8. The van der Waals surface area contributed by atoms with Crippen LogP contribution < -0.4 is 5.32 Å². The van der Waals surface area contributed by atoms with Crippen molar-refractivity contribution in [3.05, 3.63) is 28.8 Å². The molecule has 2 rings (SSSR count). The molecule has 0 aliphatic rings. The van der Waals surface area contributed by atoms with Crippen LogP contribution in [0.1, 0.15) is 5.56 Å². The third kappa shape index (κ3) is 1.83. The quantitative estimate of drug-likeness (QED) is 0.856. The molecule has 0 spiro atoms. The van der Waals surface area contributed by atoms with Gasteiger partial charge >= 0.3 is 0 Å². The number of nitrogens with one attached hydrogen (secondary N) is 1. The number of hydrogen-bond donors (Lipinski definition) is 1. The molecule has 0 atom stereocenters. The number of rotatable bonds is 2. The highest BCUT2D eigenvalue weighted by atomic mass is 35.5. The highest BCUT2D eigenvalue weighted by Crippen LogP contribution is 2.25. The van der Waals surface area contributed by atoms with Crippen molar-refractivity contribution in [2.45, 2.75) is 6.92 Å². The fraction of sp³-hybridized carbons (Fsp3) is 0.125. The summed E-state index contributed by atoms with van der Waals surface area (Å²) in [6, 6.07) is 5.66. The normalized spacial score (nSPS) is 10.1. The Labute approximate surface area is 90.1 Å².